The first-order chi connectivity index (χ1) is 12.9. The lowest BCUT2D eigenvalue weighted by molar-refractivity contribution is -0.142. The Morgan fingerprint density at radius 3 is 2.44 bits per heavy atom. The Morgan fingerprint density at radius 1 is 1.15 bits per heavy atom. The smallest absolute Gasteiger partial charge is 0.326 e. The van der Waals surface area contributed by atoms with Gasteiger partial charge in [-0.3, -0.25) is 9.59 Å². The molecule has 2 N–H and O–H groups in total. The summed E-state index contributed by atoms with van der Waals surface area (Å²) >= 11 is 0. The highest BCUT2D eigenvalue weighted by Gasteiger charge is 2.36. The van der Waals surface area contributed by atoms with Gasteiger partial charge in [-0.25, -0.2) is 4.79 Å². The van der Waals surface area contributed by atoms with E-state index < -0.39 is 23.8 Å². The summed E-state index contributed by atoms with van der Waals surface area (Å²) in [5, 5.41) is 12.0. The van der Waals surface area contributed by atoms with Crippen molar-refractivity contribution in [2.75, 3.05) is 11.4 Å². The van der Waals surface area contributed by atoms with Crippen molar-refractivity contribution >= 4 is 23.5 Å². The van der Waals surface area contributed by atoms with Crippen LogP contribution in [-0.4, -0.2) is 35.5 Å². The number of carbonyl (C=O) groups excluding carboxylic acids is 2. The molecular formula is C21H22N2O4. The van der Waals surface area contributed by atoms with Crippen LogP contribution in [0.2, 0.25) is 0 Å². The van der Waals surface area contributed by atoms with Gasteiger partial charge >= 0.3 is 5.97 Å². The van der Waals surface area contributed by atoms with E-state index in [-0.39, 0.29) is 25.3 Å². The number of hydrogen-bond acceptors (Lipinski definition) is 3. The molecule has 2 aromatic rings. The molecule has 1 heterocycles. The first-order valence-electron chi connectivity index (χ1n) is 8.88. The molecule has 6 nitrogen and oxygen atoms in total. The molecule has 2 unspecified atom stereocenters. The van der Waals surface area contributed by atoms with Gasteiger partial charge in [0.05, 0.1) is 5.92 Å². The molecule has 1 fully saturated rings. The fraction of sp³-hybridized carbons (Fsp3) is 0.286. The maximum absolute atomic E-state index is 12.6. The van der Waals surface area contributed by atoms with Gasteiger partial charge in [-0.15, -0.1) is 0 Å². The zero-order valence-electron chi connectivity index (χ0n) is 15.1. The number of aliphatic carboxylic acids is 1. The fourth-order valence-electron chi connectivity index (χ4n) is 3.20. The number of amides is 2. The van der Waals surface area contributed by atoms with Crippen molar-refractivity contribution in [2.24, 2.45) is 5.92 Å². The zero-order chi connectivity index (χ0) is 19.4. The van der Waals surface area contributed by atoms with Gasteiger partial charge in [-0.05, 0) is 24.6 Å². The van der Waals surface area contributed by atoms with Gasteiger partial charge in [0.15, 0.2) is 0 Å². The van der Waals surface area contributed by atoms with Gasteiger partial charge < -0.3 is 15.3 Å². The third-order valence-corrected chi connectivity index (χ3v) is 4.74. The van der Waals surface area contributed by atoms with E-state index in [1.807, 2.05) is 61.5 Å². The van der Waals surface area contributed by atoms with E-state index in [4.69, 9.17) is 0 Å². The van der Waals surface area contributed by atoms with E-state index in [0.717, 1.165) is 16.8 Å². The zero-order valence-corrected chi connectivity index (χ0v) is 15.1. The largest absolute Gasteiger partial charge is 0.480 e. The molecule has 0 saturated carbocycles. The Hall–Kier alpha value is -3.15. The fourth-order valence-corrected chi connectivity index (χ4v) is 3.20. The van der Waals surface area contributed by atoms with Crippen LogP contribution in [0.5, 0.6) is 0 Å². The van der Waals surface area contributed by atoms with Crippen LogP contribution in [0.15, 0.2) is 54.6 Å². The minimum atomic E-state index is -1.09. The molecule has 3 rings (SSSR count). The van der Waals surface area contributed by atoms with Crippen molar-refractivity contribution in [3.63, 3.8) is 0 Å². The number of rotatable bonds is 6. The summed E-state index contributed by atoms with van der Waals surface area (Å²) < 4.78 is 0. The summed E-state index contributed by atoms with van der Waals surface area (Å²) in [4.78, 5) is 38.0. The highest BCUT2D eigenvalue weighted by Crippen LogP contribution is 2.25. The predicted octanol–water partition coefficient (Wildman–Crippen LogP) is 2.16. The standard InChI is InChI=1S/C21H22N2O4/c1-14-7-9-17(10-8-14)23-13-16(12-19(23)24)20(25)22-18(21(26)27)11-15-5-3-2-4-6-15/h2-10,16,18H,11-13H2,1H3,(H,22,25)(H,26,27). The first kappa shape index (κ1) is 18.6. The number of aryl methyl sites for hydroxylation is 1. The predicted molar refractivity (Wildman–Crippen MR) is 101 cm³/mol. The second-order valence-electron chi connectivity index (χ2n) is 6.83. The normalized spacial score (nSPS) is 17.6. The van der Waals surface area contributed by atoms with Gasteiger partial charge in [-0.2, -0.15) is 0 Å². The number of nitrogens with one attached hydrogen (secondary N) is 1. The van der Waals surface area contributed by atoms with Gasteiger partial charge in [0, 0.05) is 25.1 Å². The molecule has 0 aromatic heterocycles. The van der Waals surface area contributed by atoms with E-state index in [0.29, 0.717) is 0 Å². The van der Waals surface area contributed by atoms with Crippen LogP contribution >= 0.6 is 0 Å². The molecule has 1 aliphatic heterocycles. The molecule has 2 amide bonds. The van der Waals surface area contributed by atoms with Crippen LogP contribution in [-0.2, 0) is 20.8 Å². The third kappa shape index (κ3) is 4.53. The number of carboxylic acid groups (broad SMARTS) is 1. The number of hydrogen-bond donors (Lipinski definition) is 2. The van der Waals surface area contributed by atoms with Crippen LogP contribution in [0, 0.1) is 12.8 Å². The minimum Gasteiger partial charge on any atom is -0.480 e. The quantitative estimate of drug-likeness (QED) is 0.820. The molecule has 6 heteroatoms. The number of carboxylic acids is 1. The number of anilines is 1. The lowest BCUT2D eigenvalue weighted by atomic mass is 10.0. The topological polar surface area (TPSA) is 86.7 Å². The third-order valence-electron chi connectivity index (χ3n) is 4.74. The van der Waals surface area contributed by atoms with E-state index in [9.17, 15) is 19.5 Å². The second kappa shape index (κ2) is 8.03. The molecule has 1 aliphatic rings. The molecule has 0 spiro atoms. The molecule has 1 saturated heterocycles. The average Bonchev–Trinajstić information content (AvgIpc) is 3.04. The van der Waals surface area contributed by atoms with Gasteiger partial charge in [0.2, 0.25) is 11.8 Å². The molecule has 0 bridgehead atoms. The Kier molecular flexibility index (Phi) is 5.54. The molecule has 0 aliphatic carbocycles. The lowest BCUT2D eigenvalue weighted by Crippen LogP contribution is -2.45. The van der Waals surface area contributed by atoms with Gasteiger partial charge in [0.25, 0.3) is 0 Å². The van der Waals surface area contributed by atoms with Crippen LogP contribution in [0.4, 0.5) is 5.69 Å². The van der Waals surface area contributed by atoms with Crippen LogP contribution in [0.25, 0.3) is 0 Å². The Balaban J connectivity index is 1.65. The number of carbonyl (C=O) groups is 3. The van der Waals surface area contributed by atoms with Gasteiger partial charge in [-0.1, -0.05) is 48.0 Å². The summed E-state index contributed by atoms with van der Waals surface area (Å²) in [6, 6.07) is 15.6. The summed E-state index contributed by atoms with van der Waals surface area (Å²) in [5.74, 6) is -2.18. The van der Waals surface area contributed by atoms with E-state index >= 15 is 0 Å². The van der Waals surface area contributed by atoms with Crippen molar-refractivity contribution in [3.8, 4) is 0 Å². The van der Waals surface area contributed by atoms with E-state index in [2.05, 4.69) is 5.32 Å². The van der Waals surface area contributed by atoms with Crippen molar-refractivity contribution in [2.45, 2.75) is 25.8 Å². The lowest BCUT2D eigenvalue weighted by Gasteiger charge is -2.19. The van der Waals surface area contributed by atoms with E-state index in [1.54, 1.807) is 4.90 Å². The summed E-state index contributed by atoms with van der Waals surface area (Å²) in [6.07, 6.45) is 0.279. The summed E-state index contributed by atoms with van der Waals surface area (Å²) in [7, 11) is 0. The summed E-state index contributed by atoms with van der Waals surface area (Å²) in [5.41, 5.74) is 2.67. The summed E-state index contributed by atoms with van der Waals surface area (Å²) in [6.45, 7) is 2.22. The van der Waals surface area contributed by atoms with Crippen LogP contribution < -0.4 is 10.2 Å². The van der Waals surface area contributed by atoms with Crippen LogP contribution in [0.3, 0.4) is 0 Å². The van der Waals surface area contributed by atoms with Crippen molar-refractivity contribution in [1.29, 1.82) is 0 Å². The van der Waals surface area contributed by atoms with Gasteiger partial charge in [0.1, 0.15) is 6.04 Å². The first-order valence-corrected chi connectivity index (χ1v) is 8.88. The minimum absolute atomic E-state index is 0.0807. The molecule has 140 valence electrons. The van der Waals surface area contributed by atoms with Crippen LogP contribution in [0.1, 0.15) is 17.5 Å². The maximum Gasteiger partial charge on any atom is 0.326 e. The number of benzene rings is 2. The Morgan fingerprint density at radius 2 is 1.81 bits per heavy atom. The SMILES string of the molecule is Cc1ccc(N2CC(C(=O)NC(Cc3ccccc3)C(=O)O)CC2=O)cc1. The average molecular weight is 366 g/mol. The molecule has 27 heavy (non-hydrogen) atoms. The van der Waals surface area contributed by atoms with E-state index in [1.165, 1.54) is 0 Å². The van der Waals surface area contributed by atoms with Crippen molar-refractivity contribution in [3.05, 3.63) is 65.7 Å². The highest BCUT2D eigenvalue weighted by molar-refractivity contribution is 6.00. The Bertz CT molecular complexity index is 833. The molecule has 0 radical (unpaired) electrons. The molecular weight excluding hydrogens is 344 g/mol. The van der Waals surface area contributed by atoms with Crippen molar-refractivity contribution < 1.29 is 19.5 Å². The molecule has 2 aromatic carbocycles. The number of nitrogens with zero attached hydrogens (tertiary/aromatic N) is 1. The molecule has 2 atom stereocenters. The van der Waals surface area contributed by atoms with Crippen molar-refractivity contribution in [1.82, 2.24) is 5.32 Å². The monoisotopic (exact) mass is 366 g/mol. The maximum atomic E-state index is 12.6. The highest BCUT2D eigenvalue weighted by atomic mass is 16.4. The second-order valence-corrected chi connectivity index (χ2v) is 6.83. The Labute approximate surface area is 157 Å².